The van der Waals surface area contributed by atoms with Crippen molar-refractivity contribution in [2.24, 2.45) is 0 Å². The summed E-state index contributed by atoms with van der Waals surface area (Å²) in [5.74, 6) is -0.357. The summed E-state index contributed by atoms with van der Waals surface area (Å²) in [7, 11) is -2.81. The Kier molecular flexibility index (Phi) is 2.95. The molecular formula is C10H14FNOS. The van der Waals surface area contributed by atoms with Crippen molar-refractivity contribution in [2.75, 3.05) is 6.26 Å². The molecule has 78 valence electrons. The Morgan fingerprint density at radius 3 is 2.43 bits per heavy atom. The van der Waals surface area contributed by atoms with E-state index in [-0.39, 0.29) is 10.7 Å². The maximum Gasteiger partial charge on any atom is 0.127 e. The van der Waals surface area contributed by atoms with Crippen molar-refractivity contribution < 1.29 is 8.60 Å². The van der Waals surface area contributed by atoms with Crippen molar-refractivity contribution in [2.45, 2.75) is 25.2 Å². The lowest BCUT2D eigenvalue weighted by Crippen LogP contribution is -2.00. The van der Waals surface area contributed by atoms with Gasteiger partial charge in [-0.2, -0.15) is 0 Å². The molecule has 0 unspecified atom stereocenters. The molecule has 0 heterocycles. The molecule has 1 aromatic carbocycles. The zero-order valence-corrected chi connectivity index (χ0v) is 9.37. The van der Waals surface area contributed by atoms with Gasteiger partial charge in [-0.15, -0.1) is 0 Å². The average Bonchev–Trinajstić information content (AvgIpc) is 2.01. The van der Waals surface area contributed by atoms with E-state index in [1.54, 1.807) is 13.0 Å². The van der Waals surface area contributed by atoms with Crippen LogP contribution in [0, 0.1) is 17.5 Å². The third-order valence-electron chi connectivity index (χ3n) is 2.20. The molecule has 0 saturated heterocycles. The summed E-state index contributed by atoms with van der Waals surface area (Å²) in [4.78, 5) is 0.268. The van der Waals surface area contributed by atoms with Crippen molar-refractivity contribution in [3.63, 3.8) is 0 Å². The van der Waals surface area contributed by atoms with Gasteiger partial charge in [-0.05, 0) is 36.6 Å². The number of hydrogen-bond donors (Lipinski definition) is 1. The van der Waals surface area contributed by atoms with Gasteiger partial charge in [0.1, 0.15) is 5.82 Å². The first-order chi connectivity index (χ1) is 6.36. The van der Waals surface area contributed by atoms with Gasteiger partial charge in [-0.1, -0.05) is 6.92 Å². The molecule has 4 heteroatoms. The molecule has 2 nitrogen and oxygen atoms in total. The molecule has 0 amide bonds. The minimum atomic E-state index is -2.81. The average molecular weight is 215 g/mol. The van der Waals surface area contributed by atoms with Gasteiger partial charge in [0, 0.05) is 6.26 Å². The van der Waals surface area contributed by atoms with E-state index >= 15 is 0 Å². The summed E-state index contributed by atoms with van der Waals surface area (Å²) >= 11 is 0. The molecule has 1 rings (SSSR count). The predicted octanol–water partition coefficient (Wildman–Crippen LogP) is 2.73. The predicted molar refractivity (Wildman–Crippen MR) is 55.6 cm³/mol. The molecular weight excluding hydrogens is 201 g/mol. The Morgan fingerprint density at radius 1 is 1.50 bits per heavy atom. The molecule has 0 aliphatic carbocycles. The van der Waals surface area contributed by atoms with Crippen molar-refractivity contribution >= 4 is 9.73 Å². The van der Waals surface area contributed by atoms with E-state index in [9.17, 15) is 8.60 Å². The SMILES string of the molecule is CCc1c(C)cc([S@](C)(=N)=O)cc1F. The molecule has 1 aromatic rings. The fraction of sp³-hybridized carbons (Fsp3) is 0.400. The Bertz CT molecular complexity index is 428. The maximum absolute atomic E-state index is 13.4. The van der Waals surface area contributed by atoms with E-state index in [1.807, 2.05) is 6.92 Å². The molecule has 0 bridgehead atoms. The van der Waals surface area contributed by atoms with Crippen molar-refractivity contribution in [1.82, 2.24) is 0 Å². The lowest BCUT2D eigenvalue weighted by atomic mass is 10.1. The van der Waals surface area contributed by atoms with Crippen LogP contribution in [0.5, 0.6) is 0 Å². The lowest BCUT2D eigenvalue weighted by molar-refractivity contribution is 0.604. The van der Waals surface area contributed by atoms with Crippen molar-refractivity contribution in [1.29, 1.82) is 4.78 Å². The molecule has 14 heavy (non-hydrogen) atoms. The van der Waals surface area contributed by atoms with Crippen LogP contribution in [-0.2, 0) is 16.1 Å². The molecule has 0 spiro atoms. The highest BCUT2D eigenvalue weighted by atomic mass is 32.2. The summed E-state index contributed by atoms with van der Waals surface area (Å²) in [6.07, 6.45) is 1.91. The maximum atomic E-state index is 13.4. The summed E-state index contributed by atoms with van der Waals surface area (Å²) in [6.45, 7) is 3.64. The summed E-state index contributed by atoms with van der Waals surface area (Å²) in [6, 6.07) is 2.85. The number of benzene rings is 1. The third kappa shape index (κ3) is 2.12. The Hall–Kier alpha value is -0.900. The number of nitrogens with one attached hydrogen (secondary N) is 1. The van der Waals surface area contributed by atoms with Crippen LogP contribution in [0.2, 0.25) is 0 Å². The second-order valence-electron chi connectivity index (χ2n) is 3.40. The van der Waals surface area contributed by atoms with Gasteiger partial charge in [0.05, 0.1) is 14.6 Å². The number of aryl methyl sites for hydroxylation is 1. The minimum absolute atomic E-state index is 0.268. The van der Waals surface area contributed by atoms with Crippen LogP contribution in [0.4, 0.5) is 4.39 Å². The second-order valence-corrected chi connectivity index (χ2v) is 5.56. The van der Waals surface area contributed by atoms with Gasteiger partial charge in [0.2, 0.25) is 0 Å². The molecule has 0 aromatic heterocycles. The molecule has 0 radical (unpaired) electrons. The molecule has 0 fully saturated rings. The monoisotopic (exact) mass is 215 g/mol. The zero-order chi connectivity index (χ0) is 10.9. The molecule has 1 N–H and O–H groups in total. The lowest BCUT2D eigenvalue weighted by Gasteiger charge is -2.08. The topological polar surface area (TPSA) is 40.9 Å². The van der Waals surface area contributed by atoms with Crippen LogP contribution in [-0.4, -0.2) is 10.5 Å². The highest BCUT2D eigenvalue weighted by Gasteiger charge is 2.10. The van der Waals surface area contributed by atoms with Gasteiger partial charge < -0.3 is 0 Å². The van der Waals surface area contributed by atoms with Crippen LogP contribution in [0.25, 0.3) is 0 Å². The quantitative estimate of drug-likeness (QED) is 0.809. The fourth-order valence-corrected chi connectivity index (χ4v) is 2.15. The van der Waals surface area contributed by atoms with Gasteiger partial charge in [0.15, 0.2) is 0 Å². The van der Waals surface area contributed by atoms with E-state index in [2.05, 4.69) is 0 Å². The van der Waals surface area contributed by atoms with E-state index in [0.29, 0.717) is 12.0 Å². The molecule has 0 aliphatic heterocycles. The van der Waals surface area contributed by atoms with Gasteiger partial charge >= 0.3 is 0 Å². The summed E-state index contributed by atoms with van der Waals surface area (Å²) in [5, 5.41) is 0. The van der Waals surface area contributed by atoms with Crippen LogP contribution in [0.1, 0.15) is 18.1 Å². The van der Waals surface area contributed by atoms with E-state index < -0.39 is 9.73 Å². The third-order valence-corrected chi connectivity index (χ3v) is 3.33. The first kappa shape index (κ1) is 11.2. The number of hydrogen-bond acceptors (Lipinski definition) is 2. The van der Waals surface area contributed by atoms with Gasteiger partial charge in [-0.3, -0.25) is 0 Å². The Balaban J connectivity index is 3.43. The molecule has 0 saturated carbocycles. The van der Waals surface area contributed by atoms with Crippen LogP contribution < -0.4 is 0 Å². The van der Waals surface area contributed by atoms with Crippen LogP contribution in [0.3, 0.4) is 0 Å². The number of rotatable bonds is 2. The van der Waals surface area contributed by atoms with Gasteiger partial charge in [-0.25, -0.2) is 13.4 Å². The van der Waals surface area contributed by atoms with Gasteiger partial charge in [0.25, 0.3) is 0 Å². The normalized spacial score (nSPS) is 15.1. The highest BCUT2D eigenvalue weighted by molar-refractivity contribution is 7.91. The molecule has 1 atom stereocenters. The summed E-state index contributed by atoms with van der Waals surface area (Å²) in [5.41, 5.74) is 1.40. The Morgan fingerprint density at radius 2 is 2.07 bits per heavy atom. The Labute approximate surface area is 84.1 Å². The zero-order valence-electron chi connectivity index (χ0n) is 8.56. The number of halogens is 1. The first-order valence-corrected chi connectivity index (χ1v) is 6.35. The largest absolute Gasteiger partial charge is 0.249 e. The van der Waals surface area contributed by atoms with Crippen LogP contribution in [0.15, 0.2) is 17.0 Å². The molecule has 0 aliphatic rings. The van der Waals surface area contributed by atoms with E-state index in [4.69, 9.17) is 4.78 Å². The van der Waals surface area contributed by atoms with Crippen molar-refractivity contribution in [3.05, 3.63) is 29.1 Å². The minimum Gasteiger partial charge on any atom is -0.249 e. The fourth-order valence-electron chi connectivity index (χ4n) is 1.42. The van der Waals surface area contributed by atoms with E-state index in [0.717, 1.165) is 5.56 Å². The smallest absolute Gasteiger partial charge is 0.127 e. The van der Waals surface area contributed by atoms with Crippen LogP contribution >= 0.6 is 0 Å². The highest BCUT2D eigenvalue weighted by Crippen LogP contribution is 2.19. The second kappa shape index (κ2) is 3.69. The van der Waals surface area contributed by atoms with E-state index in [1.165, 1.54) is 12.3 Å². The summed E-state index contributed by atoms with van der Waals surface area (Å²) < 4.78 is 32.2. The standard InChI is InChI=1S/C10H14FNOS/c1-4-9-7(2)5-8(6-10(9)11)14(3,12)13/h5-6,12H,4H2,1-3H3/t14-/m1/s1. The van der Waals surface area contributed by atoms with Crippen molar-refractivity contribution in [3.8, 4) is 0 Å². The first-order valence-electron chi connectivity index (χ1n) is 4.39.